The Kier molecular flexibility index (Phi) is 2.42. The lowest BCUT2D eigenvalue weighted by molar-refractivity contribution is 0.0683. The third-order valence-electron chi connectivity index (χ3n) is 2.80. The lowest BCUT2D eigenvalue weighted by Crippen LogP contribution is -2.02. The van der Waals surface area contributed by atoms with E-state index >= 15 is 0 Å². The molecule has 6 nitrogen and oxygen atoms in total. The van der Waals surface area contributed by atoms with E-state index in [1.54, 1.807) is 30.6 Å². The first-order valence-corrected chi connectivity index (χ1v) is 5.59. The summed E-state index contributed by atoms with van der Waals surface area (Å²) in [4.78, 5) is 19.4. The number of aromatic nitrogens is 3. The summed E-state index contributed by atoms with van der Waals surface area (Å²) in [6, 6.07) is 8.82. The van der Waals surface area contributed by atoms with Crippen molar-refractivity contribution >= 4 is 17.3 Å². The molecule has 94 valence electrons. The molecule has 0 spiro atoms. The van der Waals surface area contributed by atoms with Crippen LogP contribution in [0, 0.1) is 0 Å². The molecule has 0 saturated heterocycles. The maximum atomic E-state index is 11.2. The SMILES string of the molecule is Nc1ccc(-c2nc(C(=O)O)n3ccccc23)cn1. The lowest BCUT2D eigenvalue weighted by Gasteiger charge is -1.98. The second kappa shape index (κ2) is 4.09. The van der Waals surface area contributed by atoms with Crippen molar-refractivity contribution in [3.8, 4) is 11.3 Å². The van der Waals surface area contributed by atoms with E-state index < -0.39 is 5.97 Å². The number of hydrogen-bond acceptors (Lipinski definition) is 4. The van der Waals surface area contributed by atoms with E-state index in [-0.39, 0.29) is 5.82 Å². The van der Waals surface area contributed by atoms with Gasteiger partial charge in [-0.3, -0.25) is 4.40 Å². The molecular formula is C13H10N4O2. The van der Waals surface area contributed by atoms with Crippen LogP contribution in [0.4, 0.5) is 5.82 Å². The molecule has 0 aliphatic rings. The number of rotatable bonds is 2. The van der Waals surface area contributed by atoms with Gasteiger partial charge in [-0.2, -0.15) is 0 Å². The first-order valence-electron chi connectivity index (χ1n) is 5.59. The summed E-state index contributed by atoms with van der Waals surface area (Å²) in [5, 5.41) is 9.17. The smallest absolute Gasteiger partial charge is 0.372 e. The third kappa shape index (κ3) is 1.79. The molecule has 6 heteroatoms. The summed E-state index contributed by atoms with van der Waals surface area (Å²) in [6.45, 7) is 0. The molecule has 0 amide bonds. The van der Waals surface area contributed by atoms with Crippen LogP contribution in [0.3, 0.4) is 0 Å². The topological polar surface area (TPSA) is 93.5 Å². The van der Waals surface area contributed by atoms with E-state index in [0.717, 1.165) is 5.56 Å². The zero-order valence-corrected chi connectivity index (χ0v) is 9.82. The van der Waals surface area contributed by atoms with Crippen LogP contribution in [0.2, 0.25) is 0 Å². The van der Waals surface area contributed by atoms with E-state index in [1.165, 1.54) is 4.40 Å². The van der Waals surface area contributed by atoms with E-state index in [1.807, 2.05) is 12.1 Å². The van der Waals surface area contributed by atoms with Gasteiger partial charge >= 0.3 is 5.97 Å². The van der Waals surface area contributed by atoms with Gasteiger partial charge in [0.25, 0.3) is 0 Å². The van der Waals surface area contributed by atoms with Gasteiger partial charge in [0.05, 0.1) is 11.2 Å². The molecule has 0 saturated carbocycles. The minimum atomic E-state index is -1.07. The van der Waals surface area contributed by atoms with Crippen molar-refractivity contribution in [1.82, 2.24) is 14.4 Å². The average Bonchev–Trinajstić information content (AvgIpc) is 2.79. The number of pyridine rings is 2. The second-order valence-electron chi connectivity index (χ2n) is 4.02. The number of imidazole rings is 1. The number of nitrogens with zero attached hydrogens (tertiary/aromatic N) is 3. The molecule has 3 N–H and O–H groups in total. The summed E-state index contributed by atoms with van der Waals surface area (Å²) >= 11 is 0. The number of aromatic carboxylic acids is 1. The predicted octanol–water partition coefficient (Wildman–Crippen LogP) is 1.68. The molecule has 3 aromatic rings. The number of carboxylic acids is 1. The molecular weight excluding hydrogens is 244 g/mol. The van der Waals surface area contributed by atoms with Gasteiger partial charge in [0.1, 0.15) is 5.82 Å². The number of hydrogen-bond donors (Lipinski definition) is 2. The number of carboxylic acid groups (broad SMARTS) is 1. The van der Waals surface area contributed by atoms with Crippen LogP contribution in [0.25, 0.3) is 16.8 Å². The number of fused-ring (bicyclic) bond motifs is 1. The fraction of sp³-hybridized carbons (Fsp3) is 0. The summed E-state index contributed by atoms with van der Waals surface area (Å²) in [6.07, 6.45) is 3.25. The highest BCUT2D eigenvalue weighted by Gasteiger charge is 2.17. The minimum absolute atomic E-state index is 0.0255. The molecule has 0 atom stereocenters. The normalized spacial score (nSPS) is 10.7. The molecule has 0 radical (unpaired) electrons. The van der Waals surface area contributed by atoms with Gasteiger partial charge in [-0.25, -0.2) is 14.8 Å². The van der Waals surface area contributed by atoms with Gasteiger partial charge in [-0.05, 0) is 24.3 Å². The Labute approximate surface area is 108 Å². The van der Waals surface area contributed by atoms with Gasteiger partial charge in [0, 0.05) is 18.0 Å². The monoisotopic (exact) mass is 254 g/mol. The molecule has 0 aromatic carbocycles. The van der Waals surface area contributed by atoms with Crippen LogP contribution in [0.5, 0.6) is 0 Å². The largest absolute Gasteiger partial charge is 0.475 e. The molecule has 0 bridgehead atoms. The fourth-order valence-electron chi connectivity index (χ4n) is 1.95. The highest BCUT2D eigenvalue weighted by Crippen LogP contribution is 2.24. The van der Waals surface area contributed by atoms with Crippen LogP contribution in [0.1, 0.15) is 10.6 Å². The number of anilines is 1. The number of nitrogen functional groups attached to an aromatic ring is 1. The van der Waals surface area contributed by atoms with Gasteiger partial charge < -0.3 is 10.8 Å². The van der Waals surface area contributed by atoms with Gasteiger partial charge in [-0.15, -0.1) is 0 Å². The Balaban J connectivity index is 2.29. The standard InChI is InChI=1S/C13H10N4O2/c14-10-5-4-8(7-15-10)11-9-3-1-2-6-17(9)12(16-11)13(18)19/h1-7H,(H2,14,15)(H,18,19). The van der Waals surface area contributed by atoms with Gasteiger partial charge in [0.2, 0.25) is 5.82 Å². The van der Waals surface area contributed by atoms with Crippen LogP contribution in [0.15, 0.2) is 42.7 Å². The molecule has 3 aromatic heterocycles. The maximum absolute atomic E-state index is 11.2. The Morgan fingerprint density at radius 1 is 1.26 bits per heavy atom. The third-order valence-corrected chi connectivity index (χ3v) is 2.80. The van der Waals surface area contributed by atoms with Crippen molar-refractivity contribution in [1.29, 1.82) is 0 Å². The Hall–Kier alpha value is -2.89. The van der Waals surface area contributed by atoms with Crippen molar-refractivity contribution in [2.45, 2.75) is 0 Å². The highest BCUT2D eigenvalue weighted by atomic mass is 16.4. The van der Waals surface area contributed by atoms with Gasteiger partial charge in [0.15, 0.2) is 0 Å². The molecule has 3 heterocycles. The van der Waals surface area contributed by atoms with Crippen LogP contribution >= 0.6 is 0 Å². The second-order valence-corrected chi connectivity index (χ2v) is 4.02. The summed E-state index contributed by atoms with van der Waals surface area (Å²) < 4.78 is 1.54. The Bertz CT molecular complexity index is 762. The molecule has 0 aliphatic carbocycles. The predicted molar refractivity (Wildman–Crippen MR) is 69.8 cm³/mol. The number of carbonyl (C=O) groups is 1. The van der Waals surface area contributed by atoms with Crippen molar-refractivity contribution in [3.63, 3.8) is 0 Å². The Morgan fingerprint density at radius 3 is 2.79 bits per heavy atom. The molecule has 0 fully saturated rings. The van der Waals surface area contributed by atoms with Crippen LogP contribution in [-0.2, 0) is 0 Å². The Morgan fingerprint density at radius 2 is 2.11 bits per heavy atom. The van der Waals surface area contributed by atoms with E-state index in [4.69, 9.17) is 10.8 Å². The summed E-state index contributed by atoms with van der Waals surface area (Å²) in [5.41, 5.74) is 7.56. The fourth-order valence-corrected chi connectivity index (χ4v) is 1.95. The van der Waals surface area contributed by atoms with Crippen LogP contribution < -0.4 is 5.73 Å². The number of nitrogens with two attached hydrogens (primary N) is 1. The zero-order chi connectivity index (χ0) is 13.4. The maximum Gasteiger partial charge on any atom is 0.372 e. The molecule has 19 heavy (non-hydrogen) atoms. The van der Waals surface area contributed by atoms with E-state index in [2.05, 4.69) is 9.97 Å². The van der Waals surface area contributed by atoms with E-state index in [0.29, 0.717) is 17.0 Å². The molecule has 0 unspecified atom stereocenters. The minimum Gasteiger partial charge on any atom is -0.475 e. The summed E-state index contributed by atoms with van der Waals surface area (Å²) in [5.74, 6) is -0.691. The molecule has 3 rings (SSSR count). The first kappa shape index (κ1) is 11.2. The summed E-state index contributed by atoms with van der Waals surface area (Å²) in [7, 11) is 0. The van der Waals surface area contributed by atoms with Crippen molar-refractivity contribution in [2.75, 3.05) is 5.73 Å². The van der Waals surface area contributed by atoms with Crippen molar-refractivity contribution in [2.24, 2.45) is 0 Å². The zero-order valence-electron chi connectivity index (χ0n) is 9.82. The highest BCUT2D eigenvalue weighted by molar-refractivity contribution is 5.89. The quantitative estimate of drug-likeness (QED) is 0.725. The molecule has 0 aliphatic heterocycles. The first-order chi connectivity index (χ1) is 9.16. The van der Waals surface area contributed by atoms with Crippen molar-refractivity contribution in [3.05, 3.63) is 48.5 Å². The van der Waals surface area contributed by atoms with Crippen LogP contribution in [-0.4, -0.2) is 25.4 Å². The van der Waals surface area contributed by atoms with E-state index in [9.17, 15) is 4.79 Å². The van der Waals surface area contributed by atoms with Crippen molar-refractivity contribution < 1.29 is 9.90 Å². The average molecular weight is 254 g/mol. The van der Waals surface area contributed by atoms with Gasteiger partial charge in [-0.1, -0.05) is 6.07 Å². The lowest BCUT2D eigenvalue weighted by atomic mass is 10.2.